The predicted octanol–water partition coefficient (Wildman–Crippen LogP) is 2.34. The van der Waals surface area contributed by atoms with Crippen LogP contribution in [0.25, 0.3) is 0 Å². The molecule has 0 saturated heterocycles. The number of aliphatic hydroxyl groups excluding tert-OH is 1. The minimum absolute atomic E-state index is 0.0146. The van der Waals surface area contributed by atoms with Crippen molar-refractivity contribution in [3.63, 3.8) is 0 Å². The first-order valence-corrected chi connectivity index (χ1v) is 5.37. The molecule has 0 heterocycles. The second kappa shape index (κ2) is 7.75. The fourth-order valence-electron chi connectivity index (χ4n) is 1.24. The normalized spacial score (nSPS) is 10.3. The molecule has 0 radical (unpaired) electrons. The first kappa shape index (κ1) is 14.6. The molecule has 2 nitrogen and oxygen atoms in total. The molecule has 0 aromatic heterocycles. The van der Waals surface area contributed by atoms with Crippen LogP contribution >= 0.6 is 0 Å². The summed E-state index contributed by atoms with van der Waals surface area (Å²) < 4.78 is 41.8. The van der Waals surface area contributed by atoms with E-state index in [1.165, 1.54) is 18.2 Å². The van der Waals surface area contributed by atoms with Gasteiger partial charge in [-0.15, -0.1) is 0 Å². The Morgan fingerprint density at radius 1 is 1.33 bits per heavy atom. The first-order chi connectivity index (χ1) is 8.63. The summed E-state index contributed by atoms with van der Waals surface area (Å²) in [6, 6.07) is 4.12. The maximum absolute atomic E-state index is 13.3. The van der Waals surface area contributed by atoms with Gasteiger partial charge < -0.3 is 9.84 Å². The highest BCUT2D eigenvalue weighted by molar-refractivity contribution is 5.38. The van der Waals surface area contributed by atoms with Gasteiger partial charge in [0.05, 0.1) is 18.8 Å². The summed E-state index contributed by atoms with van der Waals surface area (Å²) in [5, 5.41) is 8.55. The van der Waals surface area contributed by atoms with E-state index in [0.717, 1.165) is 0 Å². The van der Waals surface area contributed by atoms with Crippen LogP contribution in [0.4, 0.5) is 13.2 Å². The van der Waals surface area contributed by atoms with Crippen LogP contribution < -0.4 is 0 Å². The lowest BCUT2D eigenvalue weighted by Gasteiger charge is -2.04. The van der Waals surface area contributed by atoms with Gasteiger partial charge in [-0.05, 0) is 17.7 Å². The third-order valence-electron chi connectivity index (χ3n) is 2.00. The third kappa shape index (κ3) is 5.21. The number of benzene rings is 1. The Balaban J connectivity index is 2.66. The molecule has 0 spiro atoms. The summed E-state index contributed by atoms with van der Waals surface area (Å²) in [4.78, 5) is 0. The minimum atomic E-state index is -2.52. The highest BCUT2D eigenvalue weighted by Gasteiger charge is 2.04. The van der Waals surface area contributed by atoms with Gasteiger partial charge in [0.25, 0.3) is 6.43 Å². The molecule has 0 saturated carbocycles. The molecule has 1 N–H and O–H groups in total. The van der Waals surface area contributed by atoms with Gasteiger partial charge in [0.1, 0.15) is 12.4 Å². The number of aliphatic hydroxyl groups is 1. The summed E-state index contributed by atoms with van der Waals surface area (Å²) in [7, 11) is 0. The molecule has 18 heavy (non-hydrogen) atoms. The first-order valence-electron chi connectivity index (χ1n) is 5.37. The minimum Gasteiger partial charge on any atom is -0.395 e. The van der Waals surface area contributed by atoms with Gasteiger partial charge in [0.2, 0.25) is 0 Å². The summed E-state index contributed by atoms with van der Waals surface area (Å²) in [5.41, 5.74) is 0.743. The van der Waals surface area contributed by atoms with Crippen LogP contribution in [0.1, 0.15) is 17.5 Å². The SMILES string of the molecule is OCCC#Cc1cc(COCC(F)F)ccc1F. The maximum Gasteiger partial charge on any atom is 0.261 e. The molecule has 0 aliphatic rings. The van der Waals surface area contributed by atoms with E-state index in [1.54, 1.807) is 0 Å². The lowest BCUT2D eigenvalue weighted by molar-refractivity contribution is 0.00986. The molecule has 1 aromatic rings. The van der Waals surface area contributed by atoms with Gasteiger partial charge in [-0.2, -0.15) is 0 Å². The maximum atomic E-state index is 13.3. The highest BCUT2D eigenvalue weighted by Crippen LogP contribution is 2.11. The van der Waals surface area contributed by atoms with Crippen molar-refractivity contribution in [3.05, 3.63) is 35.1 Å². The number of hydrogen-bond donors (Lipinski definition) is 1. The van der Waals surface area contributed by atoms with Crippen LogP contribution in [0.3, 0.4) is 0 Å². The molecular weight excluding hydrogens is 245 g/mol. The van der Waals surface area contributed by atoms with Crippen molar-refractivity contribution in [2.24, 2.45) is 0 Å². The lowest BCUT2D eigenvalue weighted by atomic mass is 10.1. The zero-order valence-corrected chi connectivity index (χ0v) is 9.63. The molecule has 5 heteroatoms. The molecular formula is C13H13F3O2. The molecule has 98 valence electrons. The van der Waals surface area contributed by atoms with Crippen LogP contribution in [0.2, 0.25) is 0 Å². The number of alkyl halides is 2. The Morgan fingerprint density at radius 3 is 2.78 bits per heavy atom. The number of hydrogen-bond acceptors (Lipinski definition) is 2. The monoisotopic (exact) mass is 258 g/mol. The number of ether oxygens (including phenoxy) is 1. The number of halogens is 3. The molecule has 0 unspecified atom stereocenters. The Morgan fingerprint density at radius 2 is 2.11 bits per heavy atom. The van der Waals surface area contributed by atoms with Crippen molar-refractivity contribution in [2.45, 2.75) is 19.5 Å². The predicted molar refractivity (Wildman–Crippen MR) is 60.6 cm³/mol. The van der Waals surface area contributed by atoms with Crippen LogP contribution in [-0.4, -0.2) is 24.7 Å². The van der Waals surface area contributed by atoms with E-state index in [0.29, 0.717) is 5.56 Å². The summed E-state index contributed by atoms with van der Waals surface area (Å²) in [5.74, 6) is 4.67. The van der Waals surface area contributed by atoms with E-state index >= 15 is 0 Å². The number of rotatable bonds is 5. The second-order valence-corrected chi connectivity index (χ2v) is 3.50. The average Bonchev–Trinajstić information content (AvgIpc) is 2.33. The Kier molecular flexibility index (Phi) is 6.26. The van der Waals surface area contributed by atoms with Crippen molar-refractivity contribution in [2.75, 3.05) is 13.2 Å². The Bertz CT molecular complexity index is 436. The van der Waals surface area contributed by atoms with Gasteiger partial charge in [0, 0.05) is 6.42 Å². The highest BCUT2D eigenvalue weighted by atomic mass is 19.3. The molecule has 1 rings (SSSR count). The van der Waals surface area contributed by atoms with Crippen LogP contribution in [0, 0.1) is 17.7 Å². The largest absolute Gasteiger partial charge is 0.395 e. The Hall–Kier alpha value is -1.51. The zero-order chi connectivity index (χ0) is 13.4. The second-order valence-electron chi connectivity index (χ2n) is 3.50. The molecule has 0 bridgehead atoms. The van der Waals surface area contributed by atoms with E-state index in [1.807, 2.05) is 0 Å². The molecule has 0 fully saturated rings. The van der Waals surface area contributed by atoms with Crippen LogP contribution in [-0.2, 0) is 11.3 Å². The van der Waals surface area contributed by atoms with Crippen molar-refractivity contribution >= 4 is 0 Å². The van der Waals surface area contributed by atoms with E-state index < -0.39 is 18.8 Å². The molecule has 0 aliphatic heterocycles. The lowest BCUT2D eigenvalue weighted by Crippen LogP contribution is -2.04. The quantitative estimate of drug-likeness (QED) is 0.821. The molecule has 1 aromatic carbocycles. The summed E-state index contributed by atoms with van der Waals surface area (Å²) in [6.07, 6.45) is -2.26. The van der Waals surface area contributed by atoms with Gasteiger partial charge in [-0.1, -0.05) is 17.9 Å². The van der Waals surface area contributed by atoms with Crippen LogP contribution in [0.5, 0.6) is 0 Å². The van der Waals surface area contributed by atoms with Crippen molar-refractivity contribution in [1.82, 2.24) is 0 Å². The van der Waals surface area contributed by atoms with Crippen molar-refractivity contribution in [1.29, 1.82) is 0 Å². The van der Waals surface area contributed by atoms with Gasteiger partial charge in [-0.3, -0.25) is 0 Å². The topological polar surface area (TPSA) is 29.5 Å². The van der Waals surface area contributed by atoms with Crippen LogP contribution in [0.15, 0.2) is 18.2 Å². The van der Waals surface area contributed by atoms with Gasteiger partial charge in [0.15, 0.2) is 0 Å². The van der Waals surface area contributed by atoms with Gasteiger partial charge in [-0.25, -0.2) is 13.2 Å². The van der Waals surface area contributed by atoms with Crippen molar-refractivity contribution < 1.29 is 23.0 Å². The molecule has 0 aliphatic carbocycles. The fraction of sp³-hybridized carbons (Fsp3) is 0.385. The third-order valence-corrected chi connectivity index (χ3v) is 2.00. The zero-order valence-electron chi connectivity index (χ0n) is 9.63. The van der Waals surface area contributed by atoms with Crippen molar-refractivity contribution in [3.8, 4) is 11.8 Å². The summed E-state index contributed by atoms with van der Waals surface area (Å²) in [6.45, 7) is -0.756. The fourth-order valence-corrected chi connectivity index (χ4v) is 1.24. The van der Waals surface area contributed by atoms with E-state index in [9.17, 15) is 13.2 Å². The summed E-state index contributed by atoms with van der Waals surface area (Å²) >= 11 is 0. The standard InChI is InChI=1S/C13H13F3O2/c14-12-5-4-10(8-18-9-13(15)16)7-11(12)3-1-2-6-17/h4-5,7,13,17H,2,6,8-9H2. The Labute approximate surface area is 103 Å². The van der Waals surface area contributed by atoms with E-state index in [2.05, 4.69) is 11.8 Å². The molecule has 0 amide bonds. The van der Waals surface area contributed by atoms with E-state index in [4.69, 9.17) is 9.84 Å². The van der Waals surface area contributed by atoms with E-state index in [-0.39, 0.29) is 25.2 Å². The van der Waals surface area contributed by atoms with Gasteiger partial charge >= 0.3 is 0 Å². The smallest absolute Gasteiger partial charge is 0.261 e. The molecule has 0 atom stereocenters. The average molecular weight is 258 g/mol.